The summed E-state index contributed by atoms with van der Waals surface area (Å²) >= 11 is 3.39. The van der Waals surface area contributed by atoms with Crippen LogP contribution in [-0.2, 0) is 16.1 Å². The summed E-state index contributed by atoms with van der Waals surface area (Å²) in [5, 5.41) is 2.32. The highest BCUT2D eigenvalue weighted by Crippen LogP contribution is 2.18. The van der Waals surface area contributed by atoms with E-state index in [0.29, 0.717) is 0 Å². The highest BCUT2D eigenvalue weighted by molar-refractivity contribution is 9.10. The summed E-state index contributed by atoms with van der Waals surface area (Å²) in [6.07, 6.45) is 0. The second-order valence-electron chi connectivity index (χ2n) is 5.19. The minimum absolute atomic E-state index is 0.00218. The van der Waals surface area contributed by atoms with Crippen molar-refractivity contribution in [2.75, 3.05) is 12.4 Å². The average Bonchev–Trinajstić information content (AvgIpc) is 2.52. The molecule has 0 fully saturated rings. The number of benzene rings is 2. The van der Waals surface area contributed by atoms with Crippen LogP contribution in [0.15, 0.2) is 46.9 Å². The third kappa shape index (κ3) is 4.39. The normalized spacial score (nSPS) is 10.3. The van der Waals surface area contributed by atoms with E-state index >= 15 is 0 Å². The predicted octanol–water partition coefficient (Wildman–Crippen LogP) is 3.49. The second kappa shape index (κ2) is 7.37. The van der Waals surface area contributed by atoms with Crippen molar-refractivity contribution >= 4 is 33.4 Å². The number of rotatable bonds is 3. The molecule has 0 aliphatic rings. The van der Waals surface area contributed by atoms with E-state index in [0.717, 1.165) is 15.6 Å². The molecule has 23 heavy (non-hydrogen) atoms. The molecule has 0 saturated carbocycles. The van der Waals surface area contributed by atoms with Gasteiger partial charge in [0.2, 0.25) is 0 Å². The zero-order chi connectivity index (χ0) is 17.0. The van der Waals surface area contributed by atoms with Crippen molar-refractivity contribution in [3.8, 4) is 0 Å². The first-order valence-corrected chi connectivity index (χ1v) is 7.74. The number of amides is 2. The monoisotopic (exact) mass is 378 g/mol. The zero-order valence-electron chi connectivity index (χ0n) is 12.8. The van der Waals surface area contributed by atoms with E-state index in [1.54, 1.807) is 13.0 Å². The van der Waals surface area contributed by atoms with Crippen molar-refractivity contribution in [2.45, 2.75) is 13.5 Å². The molecule has 120 valence electrons. The summed E-state index contributed by atoms with van der Waals surface area (Å²) < 4.78 is 14.5. The fraction of sp³-hybridized carbons (Fsp3) is 0.176. The van der Waals surface area contributed by atoms with Gasteiger partial charge in [0.25, 0.3) is 0 Å². The summed E-state index contributed by atoms with van der Waals surface area (Å²) in [6, 6.07) is 11.7. The SMILES string of the molecule is Cc1ccc(F)c(NC(=O)C(=O)N(C)Cc2ccccc2Br)c1. The maximum atomic E-state index is 13.6. The zero-order valence-corrected chi connectivity index (χ0v) is 14.4. The van der Waals surface area contributed by atoms with E-state index in [4.69, 9.17) is 0 Å². The van der Waals surface area contributed by atoms with Gasteiger partial charge in [0.05, 0.1) is 5.69 Å². The van der Waals surface area contributed by atoms with Crippen molar-refractivity contribution in [2.24, 2.45) is 0 Å². The van der Waals surface area contributed by atoms with E-state index in [1.807, 2.05) is 24.3 Å². The number of nitrogens with one attached hydrogen (secondary N) is 1. The lowest BCUT2D eigenvalue weighted by molar-refractivity contribution is -0.142. The number of hydrogen-bond donors (Lipinski definition) is 1. The molecular formula is C17H16BrFN2O2. The van der Waals surface area contributed by atoms with E-state index in [2.05, 4.69) is 21.2 Å². The molecule has 0 aromatic heterocycles. The Balaban J connectivity index is 2.06. The van der Waals surface area contributed by atoms with Crippen molar-refractivity contribution < 1.29 is 14.0 Å². The van der Waals surface area contributed by atoms with Gasteiger partial charge in [-0.1, -0.05) is 40.2 Å². The summed E-state index contributed by atoms with van der Waals surface area (Å²) in [6.45, 7) is 2.04. The molecule has 2 aromatic carbocycles. The summed E-state index contributed by atoms with van der Waals surface area (Å²) in [7, 11) is 1.52. The molecule has 2 amide bonds. The Kier molecular flexibility index (Phi) is 5.50. The highest BCUT2D eigenvalue weighted by Gasteiger charge is 2.20. The van der Waals surface area contributed by atoms with E-state index in [9.17, 15) is 14.0 Å². The number of carbonyl (C=O) groups excluding carboxylic acids is 2. The third-order valence-corrected chi connectivity index (χ3v) is 4.05. The Morgan fingerprint density at radius 1 is 1.22 bits per heavy atom. The van der Waals surface area contributed by atoms with Gasteiger partial charge in [0, 0.05) is 18.1 Å². The fourth-order valence-electron chi connectivity index (χ4n) is 2.04. The number of nitrogens with zero attached hydrogens (tertiary/aromatic N) is 1. The average molecular weight is 379 g/mol. The van der Waals surface area contributed by atoms with Gasteiger partial charge in [-0.2, -0.15) is 0 Å². The largest absolute Gasteiger partial charge is 0.333 e. The fourth-order valence-corrected chi connectivity index (χ4v) is 2.45. The lowest BCUT2D eigenvalue weighted by Crippen LogP contribution is -2.36. The van der Waals surface area contributed by atoms with E-state index < -0.39 is 17.6 Å². The molecule has 0 radical (unpaired) electrons. The van der Waals surface area contributed by atoms with Crippen molar-refractivity contribution in [3.63, 3.8) is 0 Å². The lowest BCUT2D eigenvalue weighted by Gasteiger charge is -2.17. The molecule has 2 rings (SSSR count). The van der Waals surface area contributed by atoms with Crippen molar-refractivity contribution in [1.29, 1.82) is 0 Å². The molecule has 0 unspecified atom stereocenters. The molecule has 4 nitrogen and oxygen atoms in total. The Bertz CT molecular complexity index is 749. The van der Waals surface area contributed by atoms with Gasteiger partial charge in [-0.3, -0.25) is 9.59 Å². The molecule has 0 atom stereocenters. The second-order valence-corrected chi connectivity index (χ2v) is 6.04. The molecular weight excluding hydrogens is 363 g/mol. The molecule has 0 spiro atoms. The first kappa shape index (κ1) is 17.1. The van der Waals surface area contributed by atoms with Gasteiger partial charge in [-0.25, -0.2) is 4.39 Å². The Hall–Kier alpha value is -2.21. The number of hydrogen-bond acceptors (Lipinski definition) is 2. The van der Waals surface area contributed by atoms with Crippen LogP contribution in [-0.4, -0.2) is 23.8 Å². The van der Waals surface area contributed by atoms with Gasteiger partial charge in [0.1, 0.15) is 5.82 Å². The molecule has 0 bridgehead atoms. The number of aryl methyl sites for hydroxylation is 1. The van der Waals surface area contributed by atoms with E-state index in [-0.39, 0.29) is 12.2 Å². The quantitative estimate of drug-likeness (QED) is 0.831. The maximum Gasteiger partial charge on any atom is 0.313 e. The minimum Gasteiger partial charge on any atom is -0.333 e. The highest BCUT2D eigenvalue weighted by atomic mass is 79.9. The third-order valence-electron chi connectivity index (χ3n) is 3.28. The minimum atomic E-state index is -0.871. The van der Waals surface area contributed by atoms with E-state index in [1.165, 1.54) is 24.1 Å². The van der Waals surface area contributed by atoms with Crippen molar-refractivity contribution in [3.05, 3.63) is 63.9 Å². The Morgan fingerprint density at radius 2 is 1.91 bits per heavy atom. The smallest absolute Gasteiger partial charge is 0.313 e. The molecule has 1 N–H and O–H groups in total. The molecule has 0 heterocycles. The van der Waals surface area contributed by atoms with Gasteiger partial charge in [-0.15, -0.1) is 0 Å². The number of halogens is 2. The van der Waals surface area contributed by atoms with Crippen LogP contribution in [0.1, 0.15) is 11.1 Å². The van der Waals surface area contributed by atoms with Crippen LogP contribution in [0.2, 0.25) is 0 Å². The van der Waals surface area contributed by atoms with Gasteiger partial charge in [0.15, 0.2) is 0 Å². The first-order chi connectivity index (χ1) is 10.9. The standard InChI is InChI=1S/C17H16BrFN2O2/c1-11-7-8-14(19)15(9-11)20-16(22)17(23)21(2)10-12-5-3-4-6-13(12)18/h3-9H,10H2,1-2H3,(H,20,22). The summed E-state index contributed by atoms with van der Waals surface area (Å²) in [4.78, 5) is 25.4. The van der Waals surface area contributed by atoms with Gasteiger partial charge >= 0.3 is 11.8 Å². The van der Waals surface area contributed by atoms with Crippen LogP contribution < -0.4 is 5.32 Å². The van der Waals surface area contributed by atoms with Gasteiger partial charge in [-0.05, 0) is 36.2 Å². The van der Waals surface area contributed by atoms with Crippen LogP contribution in [0.25, 0.3) is 0 Å². The lowest BCUT2D eigenvalue weighted by atomic mass is 10.2. The van der Waals surface area contributed by atoms with Gasteiger partial charge < -0.3 is 10.2 Å². The molecule has 0 aliphatic carbocycles. The number of carbonyl (C=O) groups is 2. The summed E-state index contributed by atoms with van der Waals surface area (Å²) in [5.41, 5.74) is 1.66. The van der Waals surface area contributed by atoms with Crippen LogP contribution in [0.4, 0.5) is 10.1 Å². The molecule has 0 aliphatic heterocycles. The van der Waals surface area contributed by atoms with Crippen LogP contribution in [0.3, 0.4) is 0 Å². The van der Waals surface area contributed by atoms with Crippen LogP contribution in [0, 0.1) is 12.7 Å². The molecule has 0 saturated heterocycles. The number of anilines is 1. The van der Waals surface area contributed by atoms with Crippen LogP contribution >= 0.6 is 15.9 Å². The van der Waals surface area contributed by atoms with Crippen LogP contribution in [0.5, 0.6) is 0 Å². The first-order valence-electron chi connectivity index (χ1n) is 6.94. The maximum absolute atomic E-state index is 13.6. The topological polar surface area (TPSA) is 49.4 Å². The summed E-state index contributed by atoms with van der Waals surface area (Å²) in [5.74, 6) is -2.18. The molecule has 6 heteroatoms. The van der Waals surface area contributed by atoms with Crippen molar-refractivity contribution in [1.82, 2.24) is 4.90 Å². The Morgan fingerprint density at radius 3 is 2.61 bits per heavy atom. The predicted molar refractivity (Wildman–Crippen MR) is 90.4 cm³/mol. The molecule has 2 aromatic rings. The number of likely N-dealkylation sites (N-methyl/N-ethyl adjacent to an activating group) is 1. The Labute approximate surface area is 142 Å².